The van der Waals surface area contributed by atoms with E-state index in [0.717, 1.165) is 23.1 Å². The van der Waals surface area contributed by atoms with Crippen molar-refractivity contribution in [2.75, 3.05) is 11.9 Å². The maximum Gasteiger partial charge on any atom is 0.0622 e. The third-order valence-corrected chi connectivity index (χ3v) is 2.84. The first-order valence-electron chi connectivity index (χ1n) is 4.61. The van der Waals surface area contributed by atoms with Crippen molar-refractivity contribution < 1.29 is 0 Å². The molecular weight excluding hydrogens is 240 g/mol. The van der Waals surface area contributed by atoms with Crippen LogP contribution >= 0.6 is 15.9 Å². The highest BCUT2D eigenvalue weighted by molar-refractivity contribution is 9.10. The van der Waals surface area contributed by atoms with Crippen LogP contribution < -0.4 is 5.32 Å². The van der Waals surface area contributed by atoms with Gasteiger partial charge in [0.25, 0.3) is 0 Å². The highest BCUT2D eigenvalue weighted by Crippen LogP contribution is 2.19. The molecule has 2 nitrogen and oxygen atoms in total. The molecule has 1 N–H and O–H groups in total. The molecule has 0 aliphatic carbocycles. The van der Waals surface area contributed by atoms with Gasteiger partial charge in [0.2, 0.25) is 0 Å². The first-order valence-corrected chi connectivity index (χ1v) is 5.40. The number of nitrogens with zero attached hydrogens (tertiary/aromatic N) is 1. The van der Waals surface area contributed by atoms with E-state index in [9.17, 15) is 0 Å². The topological polar surface area (TPSA) is 35.8 Å². The van der Waals surface area contributed by atoms with Crippen molar-refractivity contribution in [3.8, 4) is 6.07 Å². The molecule has 1 aromatic rings. The second kappa shape index (κ2) is 5.66. The van der Waals surface area contributed by atoms with Gasteiger partial charge in [0, 0.05) is 23.1 Å². The molecule has 1 rings (SSSR count). The quantitative estimate of drug-likeness (QED) is 0.834. The fourth-order valence-corrected chi connectivity index (χ4v) is 1.40. The van der Waals surface area contributed by atoms with Crippen LogP contribution in [0.3, 0.4) is 0 Å². The molecule has 0 unspecified atom stereocenters. The van der Waals surface area contributed by atoms with Gasteiger partial charge in [-0.25, -0.2) is 0 Å². The molecule has 0 heterocycles. The van der Waals surface area contributed by atoms with Crippen LogP contribution in [0.4, 0.5) is 5.69 Å². The summed E-state index contributed by atoms with van der Waals surface area (Å²) >= 11 is 3.45. The predicted molar refractivity (Wildman–Crippen MR) is 62.2 cm³/mol. The van der Waals surface area contributed by atoms with Crippen LogP contribution in [0, 0.1) is 18.3 Å². The Labute approximate surface area is 93.1 Å². The molecule has 0 bridgehead atoms. The first-order chi connectivity index (χ1) is 6.74. The Hall–Kier alpha value is -1.01. The van der Waals surface area contributed by atoms with E-state index in [2.05, 4.69) is 40.3 Å². The molecule has 0 radical (unpaired) electrons. The summed E-state index contributed by atoms with van der Waals surface area (Å²) in [6, 6.07) is 8.28. The van der Waals surface area contributed by atoms with Crippen molar-refractivity contribution in [3.05, 3.63) is 28.2 Å². The number of unbranched alkanes of at least 4 members (excludes halogenated alkanes) is 1. The van der Waals surface area contributed by atoms with Gasteiger partial charge in [-0.1, -0.05) is 15.9 Å². The number of nitrogens with one attached hydrogen (secondary N) is 1. The molecule has 0 fully saturated rings. The van der Waals surface area contributed by atoms with Crippen molar-refractivity contribution in [1.29, 1.82) is 5.26 Å². The van der Waals surface area contributed by atoms with Crippen molar-refractivity contribution in [2.45, 2.75) is 19.8 Å². The minimum Gasteiger partial charge on any atom is -0.385 e. The number of halogens is 1. The third kappa shape index (κ3) is 3.39. The number of nitriles is 1. The molecule has 14 heavy (non-hydrogen) atoms. The van der Waals surface area contributed by atoms with Gasteiger partial charge in [-0.15, -0.1) is 0 Å². The average Bonchev–Trinajstić information content (AvgIpc) is 2.18. The van der Waals surface area contributed by atoms with Gasteiger partial charge in [0.1, 0.15) is 0 Å². The van der Waals surface area contributed by atoms with Gasteiger partial charge >= 0.3 is 0 Å². The molecule has 0 spiro atoms. The molecular formula is C11H13BrN2. The highest BCUT2D eigenvalue weighted by Gasteiger charge is 1.96. The number of anilines is 1. The monoisotopic (exact) mass is 252 g/mol. The van der Waals surface area contributed by atoms with Crippen LogP contribution in [0.1, 0.15) is 18.4 Å². The molecule has 0 aliphatic rings. The molecule has 0 amide bonds. The minimum absolute atomic E-state index is 0.614. The average molecular weight is 253 g/mol. The lowest BCUT2D eigenvalue weighted by atomic mass is 10.2. The van der Waals surface area contributed by atoms with Crippen LogP contribution in [0.2, 0.25) is 0 Å². The number of rotatable bonds is 4. The predicted octanol–water partition coefficient (Wildman–Crippen LogP) is 3.47. The van der Waals surface area contributed by atoms with Crippen LogP contribution in [-0.4, -0.2) is 6.54 Å². The van der Waals surface area contributed by atoms with Crippen LogP contribution in [0.15, 0.2) is 22.7 Å². The van der Waals surface area contributed by atoms with Crippen molar-refractivity contribution in [2.24, 2.45) is 0 Å². The first kappa shape index (κ1) is 11.1. The molecule has 3 heteroatoms. The second-order valence-corrected chi connectivity index (χ2v) is 4.01. The Morgan fingerprint density at radius 2 is 2.29 bits per heavy atom. The number of hydrogen-bond acceptors (Lipinski definition) is 2. The number of benzene rings is 1. The SMILES string of the molecule is Cc1cc(NCCCC#N)ccc1Br. The molecule has 0 aliphatic heterocycles. The van der Waals surface area contributed by atoms with E-state index in [1.54, 1.807) is 0 Å². The van der Waals surface area contributed by atoms with Gasteiger partial charge in [-0.2, -0.15) is 5.26 Å². The molecule has 0 saturated carbocycles. The largest absolute Gasteiger partial charge is 0.385 e. The molecule has 0 aromatic heterocycles. The summed E-state index contributed by atoms with van der Waals surface area (Å²) in [5.41, 5.74) is 2.33. The van der Waals surface area contributed by atoms with Crippen molar-refractivity contribution in [3.63, 3.8) is 0 Å². The summed E-state index contributed by atoms with van der Waals surface area (Å²) in [7, 11) is 0. The van der Waals surface area contributed by atoms with Gasteiger partial charge in [0.15, 0.2) is 0 Å². The summed E-state index contributed by atoms with van der Waals surface area (Å²) in [4.78, 5) is 0. The fourth-order valence-electron chi connectivity index (χ4n) is 1.15. The zero-order valence-electron chi connectivity index (χ0n) is 8.18. The Morgan fingerprint density at radius 3 is 2.93 bits per heavy atom. The van der Waals surface area contributed by atoms with E-state index in [-0.39, 0.29) is 0 Å². The smallest absolute Gasteiger partial charge is 0.0622 e. The Morgan fingerprint density at radius 1 is 1.50 bits per heavy atom. The van der Waals surface area contributed by atoms with Gasteiger partial charge < -0.3 is 5.32 Å². The lowest BCUT2D eigenvalue weighted by Gasteiger charge is -2.06. The molecule has 1 aromatic carbocycles. The maximum atomic E-state index is 8.36. The summed E-state index contributed by atoms with van der Waals surface area (Å²) in [5, 5.41) is 11.6. The number of aryl methyl sites for hydroxylation is 1. The van der Waals surface area contributed by atoms with Crippen LogP contribution in [-0.2, 0) is 0 Å². The summed E-state index contributed by atoms with van der Waals surface area (Å²) in [5.74, 6) is 0. The highest BCUT2D eigenvalue weighted by atomic mass is 79.9. The lowest BCUT2D eigenvalue weighted by molar-refractivity contribution is 0.897. The Bertz CT molecular complexity index is 342. The lowest BCUT2D eigenvalue weighted by Crippen LogP contribution is -2.00. The van der Waals surface area contributed by atoms with Crippen molar-refractivity contribution >= 4 is 21.6 Å². The zero-order chi connectivity index (χ0) is 10.4. The van der Waals surface area contributed by atoms with Crippen LogP contribution in [0.25, 0.3) is 0 Å². The number of hydrogen-bond donors (Lipinski definition) is 1. The normalized spacial score (nSPS) is 9.50. The van der Waals surface area contributed by atoms with Gasteiger partial charge in [-0.05, 0) is 37.1 Å². The molecule has 0 atom stereocenters. The van der Waals surface area contributed by atoms with E-state index in [4.69, 9.17) is 5.26 Å². The Kier molecular flexibility index (Phi) is 4.48. The molecule has 74 valence electrons. The molecule has 0 saturated heterocycles. The maximum absolute atomic E-state index is 8.36. The summed E-state index contributed by atoms with van der Waals surface area (Å²) < 4.78 is 1.13. The van der Waals surface area contributed by atoms with E-state index in [1.165, 1.54) is 5.56 Å². The van der Waals surface area contributed by atoms with E-state index in [1.807, 2.05) is 12.1 Å². The third-order valence-electron chi connectivity index (χ3n) is 1.95. The zero-order valence-corrected chi connectivity index (χ0v) is 9.76. The van der Waals surface area contributed by atoms with E-state index < -0.39 is 0 Å². The van der Waals surface area contributed by atoms with E-state index >= 15 is 0 Å². The second-order valence-electron chi connectivity index (χ2n) is 3.15. The van der Waals surface area contributed by atoms with Crippen LogP contribution in [0.5, 0.6) is 0 Å². The minimum atomic E-state index is 0.614. The Balaban J connectivity index is 2.44. The fraction of sp³-hybridized carbons (Fsp3) is 0.364. The van der Waals surface area contributed by atoms with Gasteiger partial charge in [0.05, 0.1) is 6.07 Å². The summed E-state index contributed by atoms with van der Waals surface area (Å²) in [6.45, 7) is 2.92. The van der Waals surface area contributed by atoms with Gasteiger partial charge in [-0.3, -0.25) is 0 Å². The van der Waals surface area contributed by atoms with E-state index in [0.29, 0.717) is 6.42 Å². The summed E-state index contributed by atoms with van der Waals surface area (Å²) in [6.07, 6.45) is 1.51. The van der Waals surface area contributed by atoms with Crippen molar-refractivity contribution in [1.82, 2.24) is 0 Å². The standard InChI is InChI=1S/C11H13BrN2/c1-9-8-10(4-5-11(9)12)14-7-3-2-6-13/h4-5,8,14H,2-3,7H2,1H3.